The molecule has 0 bridgehead atoms. The maximum Gasteiger partial charge on any atom is 0.274 e. The average molecular weight is 612 g/mol. The second-order valence-electron chi connectivity index (χ2n) is 12.6. The number of nitrogens with zero attached hydrogens (tertiary/aromatic N) is 2. The fourth-order valence-electron chi connectivity index (χ4n) is 5.14. The average Bonchev–Trinajstić information content (AvgIpc) is 3.57. The number of ether oxygens (including phenoxy) is 2. The van der Waals surface area contributed by atoms with E-state index in [4.69, 9.17) is 14.0 Å². The Labute approximate surface area is 258 Å². The van der Waals surface area contributed by atoms with Crippen LogP contribution in [0.1, 0.15) is 62.9 Å². The van der Waals surface area contributed by atoms with Crippen LogP contribution < -0.4 is 16.0 Å². The minimum absolute atomic E-state index is 0.0658. The first-order chi connectivity index (χ1) is 20.9. The summed E-state index contributed by atoms with van der Waals surface area (Å²) in [5, 5.41) is 12.4. The highest BCUT2D eigenvalue weighted by atomic mass is 16.6. The van der Waals surface area contributed by atoms with Gasteiger partial charge in [0.05, 0.1) is 32.4 Å². The number of ketones is 1. The Morgan fingerprint density at radius 1 is 0.955 bits per heavy atom. The Balaban J connectivity index is 1.45. The molecule has 2 aliphatic rings. The predicted octanol–water partition coefficient (Wildman–Crippen LogP) is 1.88. The Bertz CT molecular complexity index is 1280. The van der Waals surface area contributed by atoms with Gasteiger partial charge in [-0.2, -0.15) is 0 Å². The fourth-order valence-corrected chi connectivity index (χ4v) is 5.14. The molecule has 0 spiro atoms. The standard InChI is InChI=1S/C32H45N5O7/c1-20(2)15-24(28(38)32(5)19-43-32)33-29(39)25(16-22-9-7-6-8-10-22)34-31(41)27(21(3)4)35-30(40)26-17-23(44-36-26)18-37-11-13-42-14-12-37/h6-10,17,20-21,24-25,27H,11-16,18-19H2,1-5H3,(H,33,39)(H,34,41)(H,35,40). The number of rotatable bonds is 15. The lowest BCUT2D eigenvalue weighted by molar-refractivity contribution is -0.133. The largest absolute Gasteiger partial charge is 0.379 e. The molecule has 2 fully saturated rings. The van der Waals surface area contributed by atoms with E-state index in [-0.39, 0.29) is 29.7 Å². The number of hydrogen-bond donors (Lipinski definition) is 3. The summed E-state index contributed by atoms with van der Waals surface area (Å²) in [7, 11) is 0. The van der Waals surface area contributed by atoms with E-state index >= 15 is 0 Å². The molecule has 4 rings (SSSR count). The van der Waals surface area contributed by atoms with Gasteiger partial charge in [-0.15, -0.1) is 0 Å². The summed E-state index contributed by atoms with van der Waals surface area (Å²) < 4.78 is 16.1. The van der Waals surface area contributed by atoms with Gasteiger partial charge in [0.25, 0.3) is 5.91 Å². The molecule has 240 valence electrons. The van der Waals surface area contributed by atoms with Crippen LogP contribution in [0.4, 0.5) is 0 Å². The Morgan fingerprint density at radius 3 is 2.23 bits per heavy atom. The molecule has 12 heteroatoms. The molecule has 4 atom stereocenters. The Morgan fingerprint density at radius 2 is 1.61 bits per heavy atom. The molecule has 2 aromatic rings. The van der Waals surface area contributed by atoms with E-state index in [2.05, 4.69) is 26.0 Å². The van der Waals surface area contributed by atoms with E-state index in [0.29, 0.717) is 38.5 Å². The van der Waals surface area contributed by atoms with Crippen molar-refractivity contribution < 1.29 is 33.2 Å². The van der Waals surface area contributed by atoms with Crippen LogP contribution in [0.15, 0.2) is 40.9 Å². The van der Waals surface area contributed by atoms with Gasteiger partial charge >= 0.3 is 0 Å². The number of nitrogens with one attached hydrogen (secondary N) is 3. The normalized spacial score (nSPS) is 20.5. The molecule has 1 aromatic carbocycles. The third kappa shape index (κ3) is 9.20. The highest BCUT2D eigenvalue weighted by molar-refractivity contribution is 5.99. The maximum absolute atomic E-state index is 13.7. The number of carbonyl (C=O) groups is 4. The minimum atomic E-state index is -0.995. The van der Waals surface area contributed by atoms with Gasteiger partial charge in [0.1, 0.15) is 17.7 Å². The van der Waals surface area contributed by atoms with Crippen LogP contribution >= 0.6 is 0 Å². The molecular weight excluding hydrogens is 566 g/mol. The molecular formula is C32H45N5O7. The fraction of sp³-hybridized carbons (Fsp3) is 0.594. The van der Waals surface area contributed by atoms with Crippen molar-refractivity contribution in [2.24, 2.45) is 11.8 Å². The van der Waals surface area contributed by atoms with Crippen molar-refractivity contribution in [1.29, 1.82) is 0 Å². The lowest BCUT2D eigenvalue weighted by Crippen LogP contribution is -2.58. The van der Waals surface area contributed by atoms with Gasteiger partial charge in [0.15, 0.2) is 17.2 Å². The third-order valence-electron chi connectivity index (χ3n) is 7.86. The molecule has 1 aromatic heterocycles. The molecule has 0 aliphatic carbocycles. The molecule has 3 heterocycles. The number of hydrogen-bond acceptors (Lipinski definition) is 9. The predicted molar refractivity (Wildman–Crippen MR) is 162 cm³/mol. The van der Waals surface area contributed by atoms with E-state index < -0.39 is 41.4 Å². The topological polar surface area (TPSA) is 155 Å². The molecule has 4 unspecified atom stereocenters. The summed E-state index contributed by atoms with van der Waals surface area (Å²) in [6.07, 6.45) is 0.632. The van der Waals surface area contributed by atoms with Crippen LogP contribution in [0.3, 0.4) is 0 Å². The summed E-state index contributed by atoms with van der Waals surface area (Å²) in [5.41, 5.74) is -0.00452. The summed E-state index contributed by atoms with van der Waals surface area (Å²) >= 11 is 0. The zero-order valence-corrected chi connectivity index (χ0v) is 26.3. The molecule has 0 radical (unpaired) electrons. The smallest absolute Gasteiger partial charge is 0.274 e. The van der Waals surface area contributed by atoms with Crippen molar-refractivity contribution in [3.05, 3.63) is 53.4 Å². The van der Waals surface area contributed by atoms with E-state index in [1.165, 1.54) is 0 Å². The van der Waals surface area contributed by atoms with E-state index in [1.807, 2.05) is 44.2 Å². The molecule has 2 saturated heterocycles. The Kier molecular flexibility index (Phi) is 11.3. The number of carbonyl (C=O) groups excluding carboxylic acids is 4. The minimum Gasteiger partial charge on any atom is -0.379 e. The van der Waals surface area contributed by atoms with Gasteiger partial charge in [0.2, 0.25) is 11.8 Å². The zero-order chi connectivity index (χ0) is 31.9. The molecule has 0 saturated carbocycles. The van der Waals surface area contributed by atoms with Gasteiger partial charge in [-0.25, -0.2) is 0 Å². The lowest BCUT2D eigenvalue weighted by atomic mass is 9.93. The quantitative estimate of drug-likeness (QED) is 0.256. The van der Waals surface area contributed by atoms with Crippen LogP contribution in [-0.2, 0) is 36.8 Å². The van der Waals surface area contributed by atoms with Crippen molar-refractivity contribution in [3.63, 3.8) is 0 Å². The first kappa shape index (κ1) is 33.3. The van der Waals surface area contributed by atoms with Crippen molar-refractivity contribution in [2.75, 3.05) is 32.9 Å². The maximum atomic E-state index is 13.7. The highest BCUT2D eigenvalue weighted by Crippen LogP contribution is 2.29. The zero-order valence-electron chi connectivity index (χ0n) is 26.3. The third-order valence-corrected chi connectivity index (χ3v) is 7.86. The van der Waals surface area contributed by atoms with Gasteiger partial charge in [-0.1, -0.05) is 63.2 Å². The van der Waals surface area contributed by atoms with E-state index in [9.17, 15) is 19.2 Å². The monoisotopic (exact) mass is 611 g/mol. The van der Waals surface area contributed by atoms with E-state index in [0.717, 1.165) is 18.7 Å². The van der Waals surface area contributed by atoms with Crippen molar-refractivity contribution >= 4 is 23.5 Å². The SMILES string of the molecule is CC(C)CC(NC(=O)C(Cc1ccccc1)NC(=O)C(NC(=O)c1cc(CN2CCOCC2)on1)C(C)C)C(=O)C1(C)CO1. The van der Waals surface area contributed by atoms with Crippen molar-refractivity contribution in [1.82, 2.24) is 26.0 Å². The van der Waals surface area contributed by atoms with Gasteiger partial charge < -0.3 is 29.9 Å². The van der Waals surface area contributed by atoms with Crippen molar-refractivity contribution in [2.45, 2.75) is 77.7 Å². The van der Waals surface area contributed by atoms with Crippen LogP contribution in [0.2, 0.25) is 0 Å². The van der Waals surface area contributed by atoms with Gasteiger partial charge in [0, 0.05) is 25.6 Å². The van der Waals surface area contributed by atoms with Crippen LogP contribution in [0, 0.1) is 11.8 Å². The molecule has 3 amide bonds. The second-order valence-corrected chi connectivity index (χ2v) is 12.6. The number of Topliss-reactive ketones (excluding diaryl/α,β-unsaturated/α-hetero) is 1. The number of amides is 3. The second kappa shape index (κ2) is 14.9. The summed E-state index contributed by atoms with van der Waals surface area (Å²) in [6, 6.07) is 8.16. The lowest BCUT2D eigenvalue weighted by Gasteiger charge is -2.27. The summed E-state index contributed by atoms with van der Waals surface area (Å²) in [4.78, 5) is 55.8. The van der Waals surface area contributed by atoms with Crippen LogP contribution in [0.25, 0.3) is 0 Å². The van der Waals surface area contributed by atoms with Crippen LogP contribution in [0.5, 0.6) is 0 Å². The highest BCUT2D eigenvalue weighted by Gasteiger charge is 2.50. The summed E-state index contributed by atoms with van der Waals surface area (Å²) in [6.45, 7) is 12.9. The number of morpholine rings is 1. The number of epoxide rings is 1. The molecule has 3 N–H and O–H groups in total. The van der Waals surface area contributed by atoms with Gasteiger partial charge in [-0.05, 0) is 30.7 Å². The summed E-state index contributed by atoms with van der Waals surface area (Å²) in [5.74, 6) is -1.37. The molecule has 44 heavy (non-hydrogen) atoms. The van der Waals surface area contributed by atoms with Crippen molar-refractivity contribution in [3.8, 4) is 0 Å². The first-order valence-electron chi connectivity index (χ1n) is 15.3. The Hall–Kier alpha value is -3.61. The molecule has 2 aliphatic heterocycles. The number of aromatic nitrogens is 1. The van der Waals surface area contributed by atoms with E-state index in [1.54, 1.807) is 26.8 Å². The first-order valence-corrected chi connectivity index (χ1v) is 15.3. The van der Waals surface area contributed by atoms with Gasteiger partial charge in [-0.3, -0.25) is 24.1 Å². The van der Waals surface area contributed by atoms with Crippen LogP contribution in [-0.4, -0.2) is 90.2 Å². The molecule has 12 nitrogen and oxygen atoms in total. The number of benzene rings is 1.